The van der Waals surface area contributed by atoms with E-state index < -0.39 is 17.0 Å². The van der Waals surface area contributed by atoms with Crippen LogP contribution in [-0.4, -0.2) is 21.8 Å². The smallest absolute Gasteiger partial charge is 0.768 e. The summed E-state index contributed by atoms with van der Waals surface area (Å²) in [5, 5.41) is 0.140. The third-order valence-electron chi connectivity index (χ3n) is 1.55. The molecule has 0 bridgehead atoms. The minimum atomic E-state index is -2.37. The Balaban J connectivity index is 0.00000196. The Bertz CT molecular complexity index is 404. The van der Waals surface area contributed by atoms with E-state index in [1.807, 2.05) is 0 Å². The van der Waals surface area contributed by atoms with Crippen LogP contribution in [0.3, 0.4) is 0 Å². The molecule has 0 aliphatic heterocycles. The summed E-state index contributed by atoms with van der Waals surface area (Å²) >= 11 is 4.20. The molecule has 0 amide bonds. The van der Waals surface area contributed by atoms with Gasteiger partial charge in [0.05, 0.1) is 16.3 Å². The van der Waals surface area contributed by atoms with Gasteiger partial charge in [0, 0.05) is 0 Å². The molecule has 0 saturated carbocycles. The maximum atomic E-state index is 11.1. The molecule has 0 aliphatic rings. The molecule has 0 radical (unpaired) electrons. The van der Waals surface area contributed by atoms with Gasteiger partial charge < -0.3 is 9.29 Å². The van der Waals surface area contributed by atoms with Crippen LogP contribution < -0.4 is 29.6 Å². The van der Waals surface area contributed by atoms with Crippen LogP contribution in [0.15, 0.2) is 4.21 Å². The summed E-state index contributed by atoms with van der Waals surface area (Å²) < 4.78 is 25.9. The summed E-state index contributed by atoms with van der Waals surface area (Å²) in [6, 6.07) is 0. The number of carbonyl (C=O) groups is 1. The van der Waals surface area contributed by atoms with E-state index in [0.717, 1.165) is 11.3 Å². The number of halogens is 1. The van der Waals surface area contributed by atoms with Gasteiger partial charge in [0.2, 0.25) is 0 Å². The maximum Gasteiger partial charge on any atom is 1.00 e. The third kappa shape index (κ3) is 3.26. The Morgan fingerprint density at radius 2 is 2.13 bits per heavy atom. The third-order valence-corrected chi connectivity index (χ3v) is 4.47. The van der Waals surface area contributed by atoms with E-state index >= 15 is 0 Å². The molecule has 8 heteroatoms. The standard InChI is InChI=1S/C7H7ClO4S2.Na/c1-3-4(8)5(6(9)12-2)13-7(3)14(10)11;/h1-2H3,(H,10,11);/q;+1/p-1. The number of esters is 1. The van der Waals surface area contributed by atoms with Crippen LogP contribution in [0, 0.1) is 6.92 Å². The van der Waals surface area contributed by atoms with Gasteiger partial charge in [0.25, 0.3) is 0 Å². The quantitative estimate of drug-likeness (QED) is 0.384. The number of hydrogen-bond acceptors (Lipinski definition) is 5. The van der Waals surface area contributed by atoms with E-state index in [0.29, 0.717) is 5.56 Å². The largest absolute Gasteiger partial charge is 1.00 e. The van der Waals surface area contributed by atoms with Gasteiger partial charge in [-0.2, -0.15) is 0 Å². The first kappa shape index (κ1) is 15.6. The normalized spacial score (nSPS) is 11.7. The fourth-order valence-electron chi connectivity index (χ4n) is 0.857. The van der Waals surface area contributed by atoms with Crippen LogP contribution >= 0.6 is 22.9 Å². The summed E-state index contributed by atoms with van der Waals surface area (Å²) in [6.45, 7) is 1.54. The summed E-state index contributed by atoms with van der Waals surface area (Å²) in [5.74, 6) is -0.625. The van der Waals surface area contributed by atoms with E-state index in [1.54, 1.807) is 0 Å². The van der Waals surface area contributed by atoms with Crippen LogP contribution in [0.4, 0.5) is 0 Å². The van der Waals surface area contributed by atoms with Gasteiger partial charge in [-0.3, -0.25) is 4.21 Å². The Hall–Kier alpha value is 0.570. The topological polar surface area (TPSA) is 66.4 Å². The molecule has 0 aliphatic carbocycles. The molecule has 0 fully saturated rings. The second kappa shape index (κ2) is 6.34. The van der Waals surface area contributed by atoms with Gasteiger partial charge in [0.15, 0.2) is 0 Å². The minimum absolute atomic E-state index is 0. The van der Waals surface area contributed by atoms with Crippen LogP contribution in [0.5, 0.6) is 0 Å². The first-order chi connectivity index (χ1) is 6.49. The van der Waals surface area contributed by atoms with Crippen molar-refractivity contribution >= 4 is 40.0 Å². The molecule has 1 atom stereocenters. The second-order valence-corrected chi connectivity index (χ2v) is 4.92. The fourth-order valence-corrected chi connectivity index (χ4v) is 2.98. The number of methoxy groups -OCH3 is 1. The zero-order valence-electron chi connectivity index (χ0n) is 8.33. The van der Waals surface area contributed by atoms with Gasteiger partial charge in [-0.05, 0) is 23.6 Å². The van der Waals surface area contributed by atoms with E-state index in [4.69, 9.17) is 11.6 Å². The molecule has 0 saturated heterocycles. The van der Waals surface area contributed by atoms with Crippen molar-refractivity contribution in [2.45, 2.75) is 11.1 Å². The fraction of sp³-hybridized carbons (Fsp3) is 0.286. The van der Waals surface area contributed by atoms with Crippen LogP contribution in [0.25, 0.3) is 0 Å². The van der Waals surface area contributed by atoms with Crippen molar-refractivity contribution in [2.24, 2.45) is 0 Å². The van der Waals surface area contributed by atoms with Gasteiger partial charge in [-0.1, -0.05) is 11.6 Å². The zero-order chi connectivity index (χ0) is 10.9. The second-order valence-electron chi connectivity index (χ2n) is 2.38. The molecular weight excluding hydrogens is 271 g/mol. The van der Waals surface area contributed by atoms with E-state index in [2.05, 4.69) is 4.74 Å². The molecule has 1 aromatic heterocycles. The van der Waals surface area contributed by atoms with Crippen molar-refractivity contribution in [1.29, 1.82) is 0 Å². The van der Waals surface area contributed by atoms with Crippen LogP contribution in [0.2, 0.25) is 5.02 Å². The van der Waals surface area contributed by atoms with Gasteiger partial charge in [0.1, 0.15) is 4.88 Å². The van der Waals surface area contributed by atoms with Crippen molar-refractivity contribution in [3.63, 3.8) is 0 Å². The van der Waals surface area contributed by atoms with E-state index in [-0.39, 0.29) is 43.7 Å². The van der Waals surface area contributed by atoms with Crippen LogP contribution in [0.1, 0.15) is 15.2 Å². The Kier molecular flexibility index (Phi) is 6.58. The van der Waals surface area contributed by atoms with Crippen molar-refractivity contribution in [3.8, 4) is 0 Å². The van der Waals surface area contributed by atoms with E-state index in [1.165, 1.54) is 14.0 Å². The summed E-state index contributed by atoms with van der Waals surface area (Å²) in [6.07, 6.45) is 0. The molecule has 1 rings (SSSR count). The molecule has 1 unspecified atom stereocenters. The molecular formula is C7H6ClNaO4S2. The summed E-state index contributed by atoms with van der Waals surface area (Å²) in [5.41, 5.74) is 0.380. The summed E-state index contributed by atoms with van der Waals surface area (Å²) in [7, 11) is 1.21. The van der Waals surface area contributed by atoms with Crippen LogP contribution in [-0.2, 0) is 15.8 Å². The number of thiophene rings is 1. The zero-order valence-corrected chi connectivity index (χ0v) is 12.7. The van der Waals surface area contributed by atoms with Crippen molar-refractivity contribution in [1.82, 2.24) is 0 Å². The molecule has 15 heavy (non-hydrogen) atoms. The van der Waals surface area contributed by atoms with Crippen molar-refractivity contribution in [3.05, 3.63) is 15.5 Å². The molecule has 1 aromatic rings. The molecule has 0 spiro atoms. The molecule has 1 heterocycles. The molecule has 0 N–H and O–H groups in total. The van der Waals surface area contributed by atoms with Gasteiger partial charge in [-0.25, -0.2) is 4.79 Å². The van der Waals surface area contributed by atoms with Gasteiger partial charge >= 0.3 is 35.5 Å². The average molecular weight is 277 g/mol. The maximum absolute atomic E-state index is 11.1. The number of carbonyl (C=O) groups excluding carboxylic acids is 1. The SMILES string of the molecule is COC(=O)c1sc(S(=O)[O-])c(C)c1Cl.[Na+]. The number of hydrogen-bond donors (Lipinski definition) is 0. The molecule has 4 nitrogen and oxygen atoms in total. The Morgan fingerprint density at radius 1 is 1.60 bits per heavy atom. The predicted molar refractivity (Wildman–Crippen MR) is 52.6 cm³/mol. The monoisotopic (exact) mass is 276 g/mol. The van der Waals surface area contributed by atoms with E-state index in [9.17, 15) is 13.6 Å². The summed E-state index contributed by atoms with van der Waals surface area (Å²) in [4.78, 5) is 11.2. The Labute approximate surface area is 121 Å². The minimum Gasteiger partial charge on any atom is -0.768 e. The number of rotatable bonds is 2. The molecule has 78 valence electrons. The first-order valence-electron chi connectivity index (χ1n) is 3.45. The van der Waals surface area contributed by atoms with Gasteiger partial charge in [-0.15, -0.1) is 11.3 Å². The van der Waals surface area contributed by atoms with Crippen molar-refractivity contribution < 1.29 is 47.9 Å². The average Bonchev–Trinajstić information content (AvgIpc) is 2.43. The van der Waals surface area contributed by atoms with Crippen molar-refractivity contribution in [2.75, 3.05) is 7.11 Å². The molecule has 0 aromatic carbocycles. The first-order valence-corrected chi connectivity index (χ1v) is 5.72. The Morgan fingerprint density at radius 3 is 2.47 bits per heavy atom. The number of ether oxygens (including phenoxy) is 1. The predicted octanol–water partition coefficient (Wildman–Crippen LogP) is -1.26.